The van der Waals surface area contributed by atoms with Gasteiger partial charge >= 0.3 is 0 Å². The fraction of sp³-hybridized carbons (Fsp3) is 0.667. The third kappa shape index (κ3) is 0.767. The molecular weight excluding hydrogens is 102 g/mol. The quantitative estimate of drug-likeness (QED) is 0.439. The highest BCUT2D eigenvalue weighted by atomic mass is 16.5. The molecule has 0 unspecified atom stereocenters. The molecule has 0 fully saturated rings. The van der Waals surface area contributed by atoms with Gasteiger partial charge in [-0.1, -0.05) is 12.2 Å². The number of nitrogens with zero attached hydrogens (tertiary/aromatic N) is 1. The topological polar surface area (TPSA) is 26.3 Å². The molecule has 2 nitrogen and oxygen atoms in total. The van der Waals surface area contributed by atoms with Crippen LogP contribution in [-0.2, 0) is 0 Å². The number of hydrogen-bond acceptors (Lipinski definition) is 2. The monoisotopic (exact) mass is 112 g/mol. The van der Waals surface area contributed by atoms with Gasteiger partial charge in [-0.15, -0.1) is 0 Å². The lowest BCUT2D eigenvalue weighted by atomic mass is 10.1. The van der Waals surface area contributed by atoms with Gasteiger partial charge in [-0.2, -0.15) is 0 Å². The van der Waals surface area contributed by atoms with E-state index in [0.29, 0.717) is 6.54 Å². The average Bonchev–Trinajstić information content (AvgIpc) is 1.86. The molecule has 0 N–H and O–H groups in total. The van der Waals surface area contributed by atoms with E-state index in [0.717, 1.165) is 5.06 Å². The van der Waals surface area contributed by atoms with Crippen LogP contribution in [0.4, 0.5) is 0 Å². The van der Waals surface area contributed by atoms with Gasteiger partial charge in [0, 0.05) is 12.1 Å². The smallest absolute Gasteiger partial charge is 0.0221 e. The first-order valence-corrected chi connectivity index (χ1v) is 2.75. The van der Waals surface area contributed by atoms with Gasteiger partial charge in [-0.05, 0) is 13.8 Å². The van der Waals surface area contributed by atoms with E-state index in [1.165, 1.54) is 0 Å². The van der Waals surface area contributed by atoms with Gasteiger partial charge in [0.1, 0.15) is 0 Å². The van der Waals surface area contributed by atoms with Crippen LogP contribution in [0.5, 0.6) is 0 Å². The SMILES string of the molecule is CC1(C)C=CCN1[O-]. The average molecular weight is 112 g/mol. The van der Waals surface area contributed by atoms with E-state index in [1.807, 2.05) is 26.0 Å². The third-order valence-corrected chi connectivity index (χ3v) is 1.44. The summed E-state index contributed by atoms with van der Waals surface area (Å²) in [5, 5.41) is 11.8. The van der Waals surface area contributed by atoms with Crippen molar-refractivity contribution in [2.24, 2.45) is 0 Å². The Balaban J connectivity index is 2.67. The van der Waals surface area contributed by atoms with Crippen LogP contribution in [0.3, 0.4) is 0 Å². The summed E-state index contributed by atoms with van der Waals surface area (Å²) in [6.45, 7) is 4.36. The second kappa shape index (κ2) is 1.57. The van der Waals surface area contributed by atoms with Crippen LogP contribution >= 0.6 is 0 Å². The van der Waals surface area contributed by atoms with Gasteiger partial charge in [0.15, 0.2) is 0 Å². The lowest BCUT2D eigenvalue weighted by Gasteiger charge is -2.36. The second-order valence-corrected chi connectivity index (χ2v) is 2.62. The highest BCUT2D eigenvalue weighted by Crippen LogP contribution is 2.19. The molecule has 0 spiro atoms. The van der Waals surface area contributed by atoms with Gasteiger partial charge in [-0.25, -0.2) is 0 Å². The zero-order valence-corrected chi connectivity index (χ0v) is 5.22. The molecule has 1 aliphatic heterocycles. The number of hydrogen-bond donors (Lipinski definition) is 0. The van der Waals surface area contributed by atoms with Crippen LogP contribution in [-0.4, -0.2) is 17.1 Å². The maximum atomic E-state index is 10.8. The van der Waals surface area contributed by atoms with E-state index in [-0.39, 0.29) is 5.54 Å². The molecule has 2 heteroatoms. The molecule has 0 saturated carbocycles. The molecule has 0 amide bonds. The highest BCUT2D eigenvalue weighted by Gasteiger charge is 2.18. The Kier molecular flexibility index (Phi) is 1.14. The lowest BCUT2D eigenvalue weighted by molar-refractivity contribution is 0.284. The predicted octanol–water partition coefficient (Wildman–Crippen LogP) is 1.13. The Morgan fingerprint density at radius 1 is 1.62 bits per heavy atom. The van der Waals surface area contributed by atoms with Crippen molar-refractivity contribution >= 4 is 0 Å². The summed E-state index contributed by atoms with van der Waals surface area (Å²) in [6.07, 6.45) is 3.83. The molecule has 8 heavy (non-hydrogen) atoms. The summed E-state index contributed by atoms with van der Waals surface area (Å²) in [6, 6.07) is 0. The van der Waals surface area contributed by atoms with Crippen molar-refractivity contribution in [3.63, 3.8) is 0 Å². The molecule has 0 aromatic rings. The van der Waals surface area contributed by atoms with E-state index < -0.39 is 0 Å². The molecule has 0 aromatic heterocycles. The first-order chi connectivity index (χ1) is 3.63. The van der Waals surface area contributed by atoms with Crippen molar-refractivity contribution in [3.05, 3.63) is 17.4 Å². The van der Waals surface area contributed by atoms with Crippen molar-refractivity contribution in [2.75, 3.05) is 6.54 Å². The Labute approximate surface area is 49.4 Å². The molecule has 0 atom stereocenters. The van der Waals surface area contributed by atoms with Crippen molar-refractivity contribution < 1.29 is 0 Å². The van der Waals surface area contributed by atoms with Crippen LogP contribution in [0.15, 0.2) is 12.2 Å². The lowest BCUT2D eigenvalue weighted by Crippen LogP contribution is -2.33. The van der Waals surface area contributed by atoms with Gasteiger partial charge in [0.25, 0.3) is 0 Å². The van der Waals surface area contributed by atoms with Crippen molar-refractivity contribution in [1.29, 1.82) is 0 Å². The fourth-order valence-corrected chi connectivity index (χ4v) is 0.755. The van der Waals surface area contributed by atoms with Crippen molar-refractivity contribution in [1.82, 2.24) is 5.06 Å². The third-order valence-electron chi connectivity index (χ3n) is 1.44. The first kappa shape index (κ1) is 5.79. The molecule has 0 bridgehead atoms. The maximum Gasteiger partial charge on any atom is 0.0221 e. The highest BCUT2D eigenvalue weighted by molar-refractivity contribution is 5.10. The van der Waals surface area contributed by atoms with Crippen molar-refractivity contribution in [3.8, 4) is 0 Å². The number of hydroxylamine groups is 2. The second-order valence-electron chi connectivity index (χ2n) is 2.62. The molecule has 46 valence electrons. The van der Waals surface area contributed by atoms with Gasteiger partial charge in [-0.3, -0.25) is 0 Å². The normalized spacial score (nSPS) is 26.9. The molecule has 1 rings (SSSR count). The van der Waals surface area contributed by atoms with E-state index in [4.69, 9.17) is 0 Å². The van der Waals surface area contributed by atoms with Crippen LogP contribution in [0.25, 0.3) is 0 Å². The molecule has 0 saturated heterocycles. The Bertz CT molecular complexity index is 118. The van der Waals surface area contributed by atoms with E-state index >= 15 is 0 Å². The zero-order valence-electron chi connectivity index (χ0n) is 5.22. The molecular formula is C6H10NO-. The van der Waals surface area contributed by atoms with Gasteiger partial charge < -0.3 is 10.3 Å². The Morgan fingerprint density at radius 2 is 2.25 bits per heavy atom. The van der Waals surface area contributed by atoms with Crippen LogP contribution in [0.1, 0.15) is 13.8 Å². The maximum absolute atomic E-state index is 10.8. The minimum atomic E-state index is -0.250. The summed E-state index contributed by atoms with van der Waals surface area (Å²) in [7, 11) is 0. The largest absolute Gasteiger partial charge is 0.784 e. The summed E-state index contributed by atoms with van der Waals surface area (Å²) in [5.41, 5.74) is -0.250. The summed E-state index contributed by atoms with van der Waals surface area (Å²) in [5.74, 6) is 0. The van der Waals surface area contributed by atoms with Gasteiger partial charge in [0.2, 0.25) is 0 Å². The van der Waals surface area contributed by atoms with E-state index in [9.17, 15) is 5.21 Å². The molecule has 0 aromatic carbocycles. The minimum absolute atomic E-state index is 0.250. The first-order valence-electron chi connectivity index (χ1n) is 2.75. The summed E-state index contributed by atoms with van der Waals surface area (Å²) >= 11 is 0. The molecule has 0 radical (unpaired) electrons. The van der Waals surface area contributed by atoms with Gasteiger partial charge in [0.05, 0.1) is 0 Å². The van der Waals surface area contributed by atoms with E-state index in [2.05, 4.69) is 0 Å². The number of rotatable bonds is 0. The Morgan fingerprint density at radius 3 is 2.38 bits per heavy atom. The molecule has 1 heterocycles. The van der Waals surface area contributed by atoms with E-state index in [1.54, 1.807) is 0 Å². The Hall–Kier alpha value is -0.340. The van der Waals surface area contributed by atoms with Crippen molar-refractivity contribution in [2.45, 2.75) is 19.4 Å². The molecule has 1 aliphatic rings. The predicted molar refractivity (Wildman–Crippen MR) is 33.3 cm³/mol. The minimum Gasteiger partial charge on any atom is -0.784 e. The summed E-state index contributed by atoms with van der Waals surface area (Å²) < 4.78 is 0. The zero-order chi connectivity index (χ0) is 6.20. The van der Waals surface area contributed by atoms with Crippen LogP contribution in [0.2, 0.25) is 0 Å². The standard InChI is InChI=1S/C6H10NO/c1-6(2)4-3-5-7(6)8/h3-4H,5H2,1-2H3/q-1. The fourth-order valence-electron chi connectivity index (χ4n) is 0.755. The van der Waals surface area contributed by atoms with Crippen LogP contribution < -0.4 is 0 Å². The summed E-state index contributed by atoms with van der Waals surface area (Å²) in [4.78, 5) is 0. The van der Waals surface area contributed by atoms with Crippen LogP contribution in [0, 0.1) is 5.21 Å². The molecule has 0 aliphatic carbocycles.